The SMILES string of the molecule is O=Cc1nc2nc[nH]c2cc1Br. The van der Waals surface area contributed by atoms with Crippen molar-refractivity contribution in [3.05, 3.63) is 22.6 Å². The van der Waals surface area contributed by atoms with Crippen molar-refractivity contribution in [2.45, 2.75) is 0 Å². The first-order valence-electron chi connectivity index (χ1n) is 3.26. The quantitative estimate of drug-likeness (QED) is 0.750. The van der Waals surface area contributed by atoms with Gasteiger partial charge in [0.1, 0.15) is 5.69 Å². The van der Waals surface area contributed by atoms with Gasteiger partial charge in [-0.15, -0.1) is 0 Å². The summed E-state index contributed by atoms with van der Waals surface area (Å²) >= 11 is 3.22. The molecule has 2 aromatic heterocycles. The number of halogens is 1. The molecule has 0 amide bonds. The molecule has 0 aliphatic rings. The van der Waals surface area contributed by atoms with Crippen molar-refractivity contribution in [3.8, 4) is 0 Å². The van der Waals surface area contributed by atoms with E-state index in [1.54, 1.807) is 12.4 Å². The van der Waals surface area contributed by atoms with E-state index >= 15 is 0 Å². The Balaban J connectivity index is 2.81. The molecular formula is C7H4BrN3O. The number of rotatable bonds is 1. The zero-order chi connectivity index (χ0) is 8.55. The number of hydrogen-bond donors (Lipinski definition) is 1. The third kappa shape index (κ3) is 1.02. The molecule has 0 aromatic carbocycles. The predicted molar refractivity (Wildman–Crippen MR) is 47.0 cm³/mol. The van der Waals surface area contributed by atoms with Crippen LogP contribution in [-0.4, -0.2) is 21.2 Å². The van der Waals surface area contributed by atoms with Crippen LogP contribution in [0.1, 0.15) is 10.5 Å². The number of imidazole rings is 1. The molecular weight excluding hydrogens is 222 g/mol. The number of nitrogens with zero attached hydrogens (tertiary/aromatic N) is 2. The fraction of sp³-hybridized carbons (Fsp3) is 0. The molecule has 0 aliphatic carbocycles. The zero-order valence-electron chi connectivity index (χ0n) is 5.91. The Hall–Kier alpha value is -1.23. The van der Waals surface area contributed by atoms with Gasteiger partial charge in [-0.3, -0.25) is 4.79 Å². The number of H-pyrrole nitrogens is 1. The van der Waals surface area contributed by atoms with E-state index in [1.165, 1.54) is 0 Å². The minimum Gasteiger partial charge on any atom is -0.343 e. The molecule has 2 heterocycles. The minimum absolute atomic E-state index is 0.370. The fourth-order valence-corrected chi connectivity index (χ4v) is 1.35. The van der Waals surface area contributed by atoms with Crippen LogP contribution in [-0.2, 0) is 0 Å². The smallest absolute Gasteiger partial charge is 0.178 e. The maximum absolute atomic E-state index is 10.5. The highest BCUT2D eigenvalue weighted by Gasteiger charge is 2.04. The summed E-state index contributed by atoms with van der Waals surface area (Å²) in [5.74, 6) is 0. The Morgan fingerprint density at radius 3 is 3.17 bits per heavy atom. The molecule has 2 aromatic rings. The van der Waals surface area contributed by atoms with Gasteiger partial charge in [-0.05, 0) is 22.0 Å². The summed E-state index contributed by atoms with van der Waals surface area (Å²) in [6, 6.07) is 1.78. The lowest BCUT2D eigenvalue weighted by atomic mass is 10.3. The van der Waals surface area contributed by atoms with Gasteiger partial charge in [-0.2, -0.15) is 0 Å². The van der Waals surface area contributed by atoms with Crippen molar-refractivity contribution in [2.75, 3.05) is 0 Å². The monoisotopic (exact) mass is 225 g/mol. The van der Waals surface area contributed by atoms with Crippen molar-refractivity contribution in [3.63, 3.8) is 0 Å². The molecule has 0 bridgehead atoms. The van der Waals surface area contributed by atoms with Crippen LogP contribution in [0.5, 0.6) is 0 Å². The molecule has 0 radical (unpaired) electrons. The lowest BCUT2D eigenvalue weighted by molar-refractivity contribution is 0.111. The summed E-state index contributed by atoms with van der Waals surface area (Å²) in [6.45, 7) is 0. The van der Waals surface area contributed by atoms with Crippen LogP contribution in [0.4, 0.5) is 0 Å². The van der Waals surface area contributed by atoms with Gasteiger partial charge >= 0.3 is 0 Å². The molecule has 1 N–H and O–H groups in total. The third-order valence-electron chi connectivity index (χ3n) is 1.50. The number of aromatic nitrogens is 3. The average molecular weight is 226 g/mol. The Kier molecular flexibility index (Phi) is 1.65. The van der Waals surface area contributed by atoms with Gasteiger partial charge in [0.05, 0.1) is 11.8 Å². The fourth-order valence-electron chi connectivity index (χ4n) is 0.943. The Morgan fingerprint density at radius 2 is 2.42 bits per heavy atom. The van der Waals surface area contributed by atoms with Gasteiger partial charge in [-0.1, -0.05) is 0 Å². The number of aldehydes is 1. The van der Waals surface area contributed by atoms with Crippen molar-refractivity contribution < 1.29 is 4.79 Å². The summed E-state index contributed by atoms with van der Waals surface area (Å²) < 4.78 is 0.675. The second-order valence-electron chi connectivity index (χ2n) is 2.25. The second-order valence-corrected chi connectivity index (χ2v) is 3.10. The van der Waals surface area contributed by atoms with E-state index in [1.807, 2.05) is 0 Å². The van der Waals surface area contributed by atoms with Crippen LogP contribution in [0, 0.1) is 0 Å². The first-order valence-corrected chi connectivity index (χ1v) is 4.05. The van der Waals surface area contributed by atoms with Crippen molar-refractivity contribution in [1.29, 1.82) is 0 Å². The standard InChI is InChI=1S/C7H4BrN3O/c8-4-1-5-7(10-3-9-5)11-6(4)2-12/h1-3H,(H,9,10,11). The van der Waals surface area contributed by atoms with E-state index in [2.05, 4.69) is 30.9 Å². The molecule has 5 heteroatoms. The van der Waals surface area contributed by atoms with E-state index in [0.29, 0.717) is 22.1 Å². The van der Waals surface area contributed by atoms with Crippen molar-refractivity contribution >= 4 is 33.4 Å². The van der Waals surface area contributed by atoms with Crippen LogP contribution >= 0.6 is 15.9 Å². The van der Waals surface area contributed by atoms with Gasteiger partial charge in [-0.25, -0.2) is 9.97 Å². The van der Waals surface area contributed by atoms with Gasteiger partial charge in [0.15, 0.2) is 11.9 Å². The van der Waals surface area contributed by atoms with Crippen LogP contribution in [0.2, 0.25) is 0 Å². The summed E-state index contributed by atoms with van der Waals surface area (Å²) in [6.07, 6.45) is 2.23. The zero-order valence-corrected chi connectivity index (χ0v) is 7.50. The molecule has 0 saturated carbocycles. The van der Waals surface area contributed by atoms with Gasteiger partial charge < -0.3 is 4.98 Å². The number of pyridine rings is 1. The van der Waals surface area contributed by atoms with Crippen LogP contribution in [0.25, 0.3) is 11.2 Å². The normalized spacial score (nSPS) is 10.4. The molecule has 0 unspecified atom stereocenters. The lowest BCUT2D eigenvalue weighted by Gasteiger charge is -1.93. The Bertz CT molecular complexity index is 437. The van der Waals surface area contributed by atoms with E-state index in [-0.39, 0.29) is 0 Å². The number of nitrogens with one attached hydrogen (secondary N) is 1. The van der Waals surface area contributed by atoms with Crippen molar-refractivity contribution in [2.24, 2.45) is 0 Å². The van der Waals surface area contributed by atoms with Gasteiger partial charge in [0, 0.05) is 4.47 Å². The molecule has 4 nitrogen and oxygen atoms in total. The number of carbonyl (C=O) groups excluding carboxylic acids is 1. The number of carbonyl (C=O) groups is 1. The number of aromatic amines is 1. The lowest BCUT2D eigenvalue weighted by Crippen LogP contribution is -1.89. The summed E-state index contributed by atoms with van der Waals surface area (Å²) in [4.78, 5) is 21.3. The molecule has 0 fully saturated rings. The molecule has 0 spiro atoms. The molecule has 0 saturated heterocycles. The second kappa shape index (κ2) is 2.67. The van der Waals surface area contributed by atoms with Gasteiger partial charge in [0.25, 0.3) is 0 Å². The Labute approximate surface area is 76.2 Å². The Morgan fingerprint density at radius 1 is 1.58 bits per heavy atom. The first kappa shape index (κ1) is 7.42. The number of hydrogen-bond acceptors (Lipinski definition) is 3. The van der Waals surface area contributed by atoms with E-state index in [9.17, 15) is 4.79 Å². The summed E-state index contributed by atoms with van der Waals surface area (Å²) in [5, 5.41) is 0. The topological polar surface area (TPSA) is 58.6 Å². The molecule has 0 atom stereocenters. The minimum atomic E-state index is 0.370. The molecule has 2 rings (SSSR count). The highest BCUT2D eigenvalue weighted by atomic mass is 79.9. The highest BCUT2D eigenvalue weighted by Crippen LogP contribution is 2.17. The molecule has 12 heavy (non-hydrogen) atoms. The maximum atomic E-state index is 10.5. The average Bonchev–Trinajstić information content (AvgIpc) is 2.49. The van der Waals surface area contributed by atoms with Crippen LogP contribution in [0.15, 0.2) is 16.9 Å². The first-order chi connectivity index (χ1) is 5.81. The van der Waals surface area contributed by atoms with E-state index in [0.717, 1.165) is 5.52 Å². The predicted octanol–water partition coefficient (Wildman–Crippen LogP) is 1.53. The van der Waals surface area contributed by atoms with E-state index in [4.69, 9.17) is 0 Å². The number of fused-ring (bicyclic) bond motifs is 1. The maximum Gasteiger partial charge on any atom is 0.178 e. The summed E-state index contributed by atoms with van der Waals surface area (Å²) in [7, 11) is 0. The van der Waals surface area contributed by atoms with Crippen LogP contribution in [0.3, 0.4) is 0 Å². The summed E-state index contributed by atoms with van der Waals surface area (Å²) in [5.41, 5.74) is 1.74. The van der Waals surface area contributed by atoms with E-state index < -0.39 is 0 Å². The molecule has 60 valence electrons. The highest BCUT2D eigenvalue weighted by molar-refractivity contribution is 9.10. The third-order valence-corrected chi connectivity index (χ3v) is 2.14. The van der Waals surface area contributed by atoms with Crippen LogP contribution < -0.4 is 0 Å². The molecule has 0 aliphatic heterocycles. The van der Waals surface area contributed by atoms with Gasteiger partial charge in [0.2, 0.25) is 0 Å². The van der Waals surface area contributed by atoms with Crippen molar-refractivity contribution in [1.82, 2.24) is 15.0 Å². The largest absolute Gasteiger partial charge is 0.343 e.